The first-order chi connectivity index (χ1) is 9.82. The van der Waals surface area contributed by atoms with Crippen LogP contribution in [0.1, 0.15) is 32.4 Å². The van der Waals surface area contributed by atoms with E-state index < -0.39 is 23.8 Å². The highest BCUT2D eigenvalue weighted by Crippen LogP contribution is 2.19. The van der Waals surface area contributed by atoms with E-state index in [1.165, 1.54) is 6.07 Å². The summed E-state index contributed by atoms with van der Waals surface area (Å²) in [4.78, 5) is 11.7. The Kier molecular flexibility index (Phi) is 6.71. The molecule has 21 heavy (non-hydrogen) atoms. The summed E-state index contributed by atoms with van der Waals surface area (Å²) in [5.74, 6) is -1.49. The third-order valence-corrected chi connectivity index (χ3v) is 3.03. The number of halogens is 2. The van der Waals surface area contributed by atoms with E-state index in [4.69, 9.17) is 0 Å². The van der Waals surface area contributed by atoms with Gasteiger partial charge in [0.1, 0.15) is 11.6 Å². The van der Waals surface area contributed by atoms with E-state index in [-0.39, 0.29) is 18.0 Å². The van der Waals surface area contributed by atoms with Crippen LogP contribution in [-0.2, 0) is 4.79 Å². The van der Waals surface area contributed by atoms with E-state index in [2.05, 4.69) is 10.6 Å². The average molecular weight is 300 g/mol. The van der Waals surface area contributed by atoms with Crippen molar-refractivity contribution in [3.63, 3.8) is 0 Å². The van der Waals surface area contributed by atoms with Crippen molar-refractivity contribution in [2.45, 2.75) is 32.9 Å². The fourth-order valence-corrected chi connectivity index (χ4v) is 1.77. The van der Waals surface area contributed by atoms with Crippen molar-refractivity contribution in [2.75, 3.05) is 13.1 Å². The summed E-state index contributed by atoms with van der Waals surface area (Å²) < 4.78 is 27.0. The Balaban J connectivity index is 2.52. The highest BCUT2D eigenvalue weighted by atomic mass is 19.1. The van der Waals surface area contributed by atoms with Gasteiger partial charge in [-0.15, -0.1) is 0 Å². The maximum atomic E-state index is 13.5. The van der Waals surface area contributed by atoms with Crippen LogP contribution in [0.3, 0.4) is 0 Å². The van der Waals surface area contributed by atoms with Crippen LogP contribution < -0.4 is 10.6 Å². The molecule has 0 saturated carbocycles. The molecule has 0 radical (unpaired) electrons. The Morgan fingerprint density at radius 3 is 2.29 bits per heavy atom. The topological polar surface area (TPSA) is 61.4 Å². The first-order valence-corrected chi connectivity index (χ1v) is 6.96. The molecule has 0 bridgehead atoms. The lowest BCUT2D eigenvalue weighted by Crippen LogP contribution is -2.44. The Morgan fingerprint density at radius 2 is 1.76 bits per heavy atom. The number of carbonyl (C=O) groups excluding carboxylic acids is 1. The number of rotatable bonds is 7. The van der Waals surface area contributed by atoms with Gasteiger partial charge in [0.2, 0.25) is 5.91 Å². The SMILES string of the molecule is CC(C)CNC(=O)C(C)NCC(O)c1c(F)cccc1F. The van der Waals surface area contributed by atoms with Gasteiger partial charge in [-0.05, 0) is 25.0 Å². The lowest BCUT2D eigenvalue weighted by atomic mass is 10.1. The molecule has 2 unspecified atom stereocenters. The van der Waals surface area contributed by atoms with Gasteiger partial charge in [0.15, 0.2) is 0 Å². The van der Waals surface area contributed by atoms with E-state index in [1.807, 2.05) is 13.8 Å². The molecule has 6 heteroatoms. The molecule has 1 aromatic rings. The number of amides is 1. The minimum atomic E-state index is -1.36. The Labute approximate surface area is 123 Å². The van der Waals surface area contributed by atoms with E-state index in [0.29, 0.717) is 12.5 Å². The Bertz CT molecular complexity index is 460. The molecule has 0 heterocycles. The normalized spacial score (nSPS) is 14.0. The zero-order valence-electron chi connectivity index (χ0n) is 12.5. The van der Waals surface area contributed by atoms with Crippen molar-refractivity contribution >= 4 is 5.91 Å². The molecule has 0 aliphatic rings. The maximum Gasteiger partial charge on any atom is 0.236 e. The molecular weight excluding hydrogens is 278 g/mol. The fourth-order valence-electron chi connectivity index (χ4n) is 1.77. The van der Waals surface area contributed by atoms with Gasteiger partial charge < -0.3 is 15.7 Å². The summed E-state index contributed by atoms with van der Waals surface area (Å²) in [5, 5.41) is 15.4. The summed E-state index contributed by atoms with van der Waals surface area (Å²) in [6.45, 7) is 6.01. The molecule has 1 amide bonds. The summed E-state index contributed by atoms with van der Waals surface area (Å²) in [6.07, 6.45) is -1.36. The zero-order chi connectivity index (χ0) is 16.0. The lowest BCUT2D eigenvalue weighted by molar-refractivity contribution is -0.123. The van der Waals surface area contributed by atoms with Crippen LogP contribution in [0.2, 0.25) is 0 Å². The van der Waals surface area contributed by atoms with Crippen molar-refractivity contribution in [3.05, 3.63) is 35.4 Å². The van der Waals surface area contributed by atoms with Gasteiger partial charge in [0, 0.05) is 13.1 Å². The van der Waals surface area contributed by atoms with Gasteiger partial charge in [0.25, 0.3) is 0 Å². The quantitative estimate of drug-likeness (QED) is 0.719. The van der Waals surface area contributed by atoms with E-state index in [1.54, 1.807) is 6.92 Å². The van der Waals surface area contributed by atoms with E-state index in [0.717, 1.165) is 12.1 Å². The molecule has 2 atom stereocenters. The number of aliphatic hydroxyl groups is 1. The first-order valence-electron chi connectivity index (χ1n) is 6.96. The fraction of sp³-hybridized carbons (Fsp3) is 0.533. The molecule has 0 aliphatic heterocycles. The van der Waals surface area contributed by atoms with Gasteiger partial charge in [-0.1, -0.05) is 19.9 Å². The van der Waals surface area contributed by atoms with E-state index >= 15 is 0 Å². The Hall–Kier alpha value is -1.53. The highest BCUT2D eigenvalue weighted by Gasteiger charge is 2.20. The minimum Gasteiger partial charge on any atom is -0.387 e. The number of hydrogen-bond acceptors (Lipinski definition) is 3. The summed E-state index contributed by atoms with van der Waals surface area (Å²) >= 11 is 0. The number of nitrogens with one attached hydrogen (secondary N) is 2. The lowest BCUT2D eigenvalue weighted by Gasteiger charge is -2.18. The van der Waals surface area contributed by atoms with Crippen LogP contribution in [0, 0.1) is 17.6 Å². The summed E-state index contributed by atoms with van der Waals surface area (Å²) in [5.41, 5.74) is -0.389. The van der Waals surface area contributed by atoms with Crippen LogP contribution in [0.4, 0.5) is 8.78 Å². The van der Waals surface area contributed by atoms with Crippen molar-refractivity contribution in [1.29, 1.82) is 0 Å². The van der Waals surface area contributed by atoms with Crippen LogP contribution in [0.15, 0.2) is 18.2 Å². The maximum absolute atomic E-state index is 13.5. The standard InChI is InChI=1S/C15H22F2N2O2/c1-9(2)7-19-15(21)10(3)18-8-13(20)14-11(16)5-4-6-12(14)17/h4-6,9-10,13,18,20H,7-8H2,1-3H3,(H,19,21). The van der Waals surface area contributed by atoms with Crippen molar-refractivity contribution in [2.24, 2.45) is 5.92 Å². The molecule has 3 N–H and O–H groups in total. The zero-order valence-corrected chi connectivity index (χ0v) is 12.5. The molecule has 4 nitrogen and oxygen atoms in total. The van der Waals surface area contributed by atoms with Gasteiger partial charge >= 0.3 is 0 Å². The molecule has 1 rings (SSSR count). The second kappa shape index (κ2) is 8.05. The van der Waals surface area contributed by atoms with Crippen LogP contribution in [0.5, 0.6) is 0 Å². The minimum absolute atomic E-state index is 0.117. The number of carbonyl (C=O) groups is 1. The number of aliphatic hydroxyl groups excluding tert-OH is 1. The molecule has 118 valence electrons. The first kappa shape index (κ1) is 17.5. The number of benzene rings is 1. The van der Waals surface area contributed by atoms with Crippen molar-refractivity contribution in [3.8, 4) is 0 Å². The third-order valence-electron chi connectivity index (χ3n) is 3.03. The molecule has 0 saturated heterocycles. The van der Waals surface area contributed by atoms with E-state index in [9.17, 15) is 18.7 Å². The molecule has 1 aromatic carbocycles. The van der Waals surface area contributed by atoms with Crippen LogP contribution in [-0.4, -0.2) is 30.1 Å². The highest BCUT2D eigenvalue weighted by molar-refractivity contribution is 5.81. The second-order valence-corrected chi connectivity index (χ2v) is 5.42. The molecular formula is C15H22F2N2O2. The largest absolute Gasteiger partial charge is 0.387 e. The van der Waals surface area contributed by atoms with Crippen molar-refractivity contribution in [1.82, 2.24) is 10.6 Å². The second-order valence-electron chi connectivity index (χ2n) is 5.42. The van der Waals surface area contributed by atoms with Crippen LogP contribution >= 0.6 is 0 Å². The van der Waals surface area contributed by atoms with Gasteiger partial charge in [-0.3, -0.25) is 4.79 Å². The monoisotopic (exact) mass is 300 g/mol. The van der Waals surface area contributed by atoms with Gasteiger partial charge in [-0.2, -0.15) is 0 Å². The van der Waals surface area contributed by atoms with Gasteiger partial charge in [-0.25, -0.2) is 8.78 Å². The molecule has 0 spiro atoms. The summed E-state index contributed by atoms with van der Waals surface area (Å²) in [7, 11) is 0. The number of hydrogen-bond donors (Lipinski definition) is 3. The predicted octanol–water partition coefficient (Wildman–Crippen LogP) is 1.75. The molecule has 0 aliphatic carbocycles. The van der Waals surface area contributed by atoms with Gasteiger partial charge in [0.05, 0.1) is 17.7 Å². The molecule has 0 fully saturated rings. The Morgan fingerprint density at radius 1 is 1.19 bits per heavy atom. The molecule has 0 aromatic heterocycles. The third kappa shape index (κ3) is 5.40. The average Bonchev–Trinajstić information content (AvgIpc) is 2.41. The van der Waals surface area contributed by atoms with Crippen LogP contribution in [0.25, 0.3) is 0 Å². The predicted molar refractivity (Wildman–Crippen MR) is 76.6 cm³/mol. The smallest absolute Gasteiger partial charge is 0.236 e. The van der Waals surface area contributed by atoms with Crippen molar-refractivity contribution < 1.29 is 18.7 Å². The summed E-state index contributed by atoms with van der Waals surface area (Å²) in [6, 6.07) is 2.84.